The zero-order valence-electron chi connectivity index (χ0n) is 23.3. The van der Waals surface area contributed by atoms with Gasteiger partial charge in [0, 0.05) is 23.6 Å². The molecule has 0 saturated heterocycles. The maximum atomic E-state index is 14.2. The molecule has 1 saturated carbocycles. The Kier molecular flexibility index (Phi) is 8.75. The summed E-state index contributed by atoms with van der Waals surface area (Å²) in [6, 6.07) is 1.69. The van der Waals surface area contributed by atoms with Gasteiger partial charge in [-0.3, -0.25) is 9.59 Å². The number of rotatable bonds is 5. The minimum Gasteiger partial charge on any atom is -0.477 e. The quantitative estimate of drug-likeness (QED) is 0.365. The zero-order valence-corrected chi connectivity index (χ0v) is 24.1. The van der Waals surface area contributed by atoms with Gasteiger partial charge in [0.1, 0.15) is 11.0 Å². The number of amides is 2. The van der Waals surface area contributed by atoms with Crippen LogP contribution in [-0.2, 0) is 14.3 Å². The monoisotopic (exact) mass is 551 g/mol. The highest BCUT2D eigenvalue weighted by Crippen LogP contribution is 2.39. The van der Waals surface area contributed by atoms with E-state index in [2.05, 4.69) is 41.7 Å². The molecule has 0 radical (unpaired) electrons. The van der Waals surface area contributed by atoms with E-state index in [0.29, 0.717) is 42.7 Å². The number of hydrogen-bond acceptors (Lipinski definition) is 6. The van der Waals surface area contributed by atoms with E-state index in [-0.39, 0.29) is 58.5 Å². The predicted octanol–water partition coefficient (Wildman–Crippen LogP) is 5.85. The van der Waals surface area contributed by atoms with Crippen LogP contribution in [0.2, 0.25) is 0 Å². The van der Waals surface area contributed by atoms with Crippen LogP contribution in [0.25, 0.3) is 0 Å². The number of carboxylic acid groups (broad SMARTS) is 1. The number of allylic oxidation sites excluding steroid dienone is 2. The lowest BCUT2D eigenvalue weighted by Gasteiger charge is -2.40. The number of anilines is 1. The van der Waals surface area contributed by atoms with E-state index >= 15 is 0 Å². The topological polar surface area (TPSA) is 109 Å². The number of nitrogens with zero attached hydrogens (tertiary/aromatic N) is 3. The van der Waals surface area contributed by atoms with Crippen molar-refractivity contribution in [3.05, 3.63) is 27.5 Å². The van der Waals surface area contributed by atoms with Gasteiger partial charge in [-0.25, -0.2) is 9.79 Å². The summed E-state index contributed by atoms with van der Waals surface area (Å²) in [6.45, 7) is 10.2. The number of carbonyl (C=O) groups is 3. The van der Waals surface area contributed by atoms with Crippen molar-refractivity contribution in [1.29, 1.82) is 0 Å². The summed E-state index contributed by atoms with van der Waals surface area (Å²) in [5.41, 5.74) is 1.48. The largest absolute Gasteiger partial charge is 0.477 e. The number of aromatic carboxylic acids is 1. The molecule has 2 heterocycles. The fraction of sp³-hybridized carbons (Fsp3) is 0.567. The first-order valence-electron chi connectivity index (χ1n) is 13.6. The van der Waals surface area contributed by atoms with E-state index < -0.39 is 5.97 Å². The Bertz CT molecular complexity index is 1280. The third kappa shape index (κ3) is 7.24. The summed E-state index contributed by atoms with van der Waals surface area (Å²) in [6.07, 6.45) is 7.68. The van der Waals surface area contributed by atoms with Crippen LogP contribution in [0.3, 0.4) is 0 Å². The second-order valence-corrected chi connectivity index (χ2v) is 12.8. The first-order valence-corrected chi connectivity index (χ1v) is 14.4. The average Bonchev–Trinajstić information content (AvgIpc) is 3.28. The van der Waals surface area contributed by atoms with Crippen molar-refractivity contribution >= 4 is 47.0 Å². The van der Waals surface area contributed by atoms with Crippen LogP contribution < -0.4 is 4.90 Å². The van der Waals surface area contributed by atoms with Gasteiger partial charge < -0.3 is 14.7 Å². The Labute approximate surface area is 234 Å². The van der Waals surface area contributed by atoms with Gasteiger partial charge in [0.15, 0.2) is 0 Å². The van der Waals surface area contributed by atoms with E-state index in [9.17, 15) is 19.5 Å². The molecule has 0 aromatic carbocycles. The van der Waals surface area contributed by atoms with Crippen molar-refractivity contribution in [1.82, 2.24) is 0 Å². The number of ether oxygens (including phenoxy) is 1. The third-order valence-electron chi connectivity index (χ3n) is 7.30. The molecule has 208 valence electrons. The van der Waals surface area contributed by atoms with Crippen molar-refractivity contribution in [3.63, 3.8) is 0 Å². The van der Waals surface area contributed by atoms with Gasteiger partial charge in [-0.15, -0.1) is 11.3 Å². The summed E-state index contributed by atoms with van der Waals surface area (Å²) in [5, 5.41) is 10.1. The molecule has 1 aromatic heterocycles. The molecule has 3 aliphatic rings. The molecule has 2 atom stereocenters. The van der Waals surface area contributed by atoms with Crippen LogP contribution >= 0.6 is 11.3 Å². The molecule has 39 heavy (non-hydrogen) atoms. The molecule has 1 aliphatic heterocycles. The highest BCUT2D eigenvalue weighted by atomic mass is 32.1. The second kappa shape index (κ2) is 11.9. The Balaban J connectivity index is 1.63. The van der Waals surface area contributed by atoms with Crippen LogP contribution in [0.5, 0.6) is 0 Å². The SMILES string of the molecule is CC1=CC[C@H](C(=O)N(c2cc(C#CC(C)(C)C)sc2C(=O)O)[C@H]2CC[C@H](OC3=NC(=O)CC=N3)CC2)[C@@H](C)C1. The lowest BCUT2D eigenvalue weighted by molar-refractivity contribution is -0.124. The molecule has 1 aromatic rings. The molecule has 4 rings (SSSR count). The summed E-state index contributed by atoms with van der Waals surface area (Å²) in [7, 11) is 0. The number of carboxylic acids is 1. The van der Waals surface area contributed by atoms with Gasteiger partial charge in [0.05, 0.1) is 17.0 Å². The molecule has 1 fully saturated rings. The van der Waals surface area contributed by atoms with Crippen LogP contribution in [0.4, 0.5) is 5.69 Å². The minimum atomic E-state index is -1.06. The standard InChI is InChI=1S/C30H37N3O5S/c1-18-6-11-23(19(2)16-18)27(35)33(24-17-22(12-14-30(3,4)5)39-26(24)28(36)37)20-7-9-21(10-8-20)38-29-31-15-13-25(34)32-29/h6,15,17,19-21,23H,7-11,13,16H2,1-5H3,(H,36,37)/t19-,20-,21-,23-/m0/s1. The molecule has 9 heteroatoms. The lowest BCUT2D eigenvalue weighted by atomic mass is 9.79. The normalized spacial score (nSPS) is 25.2. The van der Waals surface area contributed by atoms with E-state index in [1.165, 1.54) is 11.8 Å². The number of aliphatic imine (C=N–C) groups is 2. The van der Waals surface area contributed by atoms with Gasteiger partial charge in [-0.05, 0) is 78.2 Å². The van der Waals surface area contributed by atoms with E-state index in [4.69, 9.17) is 4.74 Å². The molecular weight excluding hydrogens is 514 g/mol. The average molecular weight is 552 g/mol. The summed E-state index contributed by atoms with van der Waals surface area (Å²) in [5.74, 6) is 4.89. The number of hydrogen-bond donors (Lipinski definition) is 1. The molecule has 0 bridgehead atoms. The fourth-order valence-corrected chi connectivity index (χ4v) is 6.19. The van der Waals surface area contributed by atoms with E-state index in [0.717, 1.165) is 17.8 Å². The van der Waals surface area contributed by atoms with E-state index in [1.807, 2.05) is 20.8 Å². The van der Waals surface area contributed by atoms with Crippen molar-refractivity contribution < 1.29 is 24.2 Å². The molecule has 2 aliphatic carbocycles. The predicted molar refractivity (Wildman–Crippen MR) is 153 cm³/mol. The third-order valence-corrected chi connectivity index (χ3v) is 8.33. The fourth-order valence-electron chi connectivity index (χ4n) is 5.35. The van der Waals surface area contributed by atoms with Crippen LogP contribution in [0, 0.1) is 29.1 Å². The summed E-state index contributed by atoms with van der Waals surface area (Å²) >= 11 is 1.12. The highest BCUT2D eigenvalue weighted by molar-refractivity contribution is 7.15. The summed E-state index contributed by atoms with van der Waals surface area (Å²) in [4.78, 5) is 48.7. The van der Waals surface area contributed by atoms with Gasteiger partial charge in [-0.1, -0.05) is 30.4 Å². The Morgan fingerprint density at radius 1 is 1.21 bits per heavy atom. The maximum Gasteiger partial charge on any atom is 0.348 e. The van der Waals surface area contributed by atoms with Crippen molar-refractivity contribution in [3.8, 4) is 11.8 Å². The Morgan fingerprint density at radius 3 is 2.54 bits per heavy atom. The van der Waals surface area contributed by atoms with Gasteiger partial charge in [-0.2, -0.15) is 4.99 Å². The first-order chi connectivity index (χ1) is 18.4. The van der Waals surface area contributed by atoms with Crippen LogP contribution in [0.1, 0.15) is 94.1 Å². The number of amidine groups is 1. The Hall–Kier alpha value is -3.25. The van der Waals surface area contributed by atoms with Crippen LogP contribution in [0.15, 0.2) is 27.7 Å². The molecule has 0 spiro atoms. The van der Waals surface area contributed by atoms with E-state index in [1.54, 1.807) is 11.0 Å². The summed E-state index contributed by atoms with van der Waals surface area (Å²) < 4.78 is 5.88. The molecule has 8 nitrogen and oxygen atoms in total. The molecule has 1 N–H and O–H groups in total. The molecule has 2 amide bonds. The van der Waals surface area contributed by atoms with Gasteiger partial charge in [0.2, 0.25) is 5.91 Å². The minimum absolute atomic E-state index is 0.0295. The highest BCUT2D eigenvalue weighted by Gasteiger charge is 2.39. The van der Waals surface area contributed by atoms with Crippen molar-refractivity contribution in [2.24, 2.45) is 27.2 Å². The zero-order chi connectivity index (χ0) is 28.3. The smallest absolute Gasteiger partial charge is 0.348 e. The lowest BCUT2D eigenvalue weighted by Crippen LogP contribution is -2.48. The van der Waals surface area contributed by atoms with Gasteiger partial charge >= 0.3 is 12.0 Å². The van der Waals surface area contributed by atoms with Crippen molar-refractivity contribution in [2.45, 2.75) is 91.7 Å². The first kappa shape index (κ1) is 28.8. The van der Waals surface area contributed by atoms with Gasteiger partial charge in [0.25, 0.3) is 5.91 Å². The van der Waals surface area contributed by atoms with Crippen molar-refractivity contribution in [2.75, 3.05) is 4.90 Å². The second-order valence-electron chi connectivity index (χ2n) is 11.8. The number of carbonyl (C=O) groups excluding carboxylic acids is 2. The molecular formula is C30H37N3O5S. The number of thiophene rings is 1. The molecule has 0 unspecified atom stereocenters. The maximum absolute atomic E-state index is 14.2. The van der Waals surface area contributed by atoms with Crippen LogP contribution in [-0.4, -0.2) is 47.3 Å². The Morgan fingerprint density at radius 2 is 1.92 bits per heavy atom.